The summed E-state index contributed by atoms with van der Waals surface area (Å²) in [6.07, 6.45) is 0. The fraction of sp³-hybridized carbons (Fsp3) is 0.133. The van der Waals surface area contributed by atoms with E-state index in [0.29, 0.717) is 0 Å². The average molecular weight is 333 g/mol. The van der Waals surface area contributed by atoms with Crippen LogP contribution < -0.4 is 0 Å². The Labute approximate surface area is 125 Å². The molecule has 0 aliphatic rings. The summed E-state index contributed by atoms with van der Waals surface area (Å²) in [4.78, 5) is 3.26. The van der Waals surface area contributed by atoms with Crippen molar-refractivity contribution in [1.29, 1.82) is 0 Å². The minimum Gasteiger partial charge on any atom is -0.331 e. The molecule has 0 aliphatic heterocycles. The zero-order valence-electron chi connectivity index (χ0n) is 10.4. The van der Waals surface area contributed by atoms with E-state index in [-0.39, 0.29) is 6.04 Å². The lowest BCUT2D eigenvalue weighted by molar-refractivity contribution is 0.649. The zero-order chi connectivity index (χ0) is 13.4. The van der Waals surface area contributed by atoms with Gasteiger partial charge in [0, 0.05) is 4.47 Å². The third kappa shape index (κ3) is 2.26. The van der Waals surface area contributed by atoms with Gasteiger partial charge in [0.05, 0.1) is 17.1 Å². The third-order valence-electron chi connectivity index (χ3n) is 3.34. The van der Waals surface area contributed by atoms with Crippen LogP contribution in [0.1, 0.15) is 18.5 Å². The highest BCUT2D eigenvalue weighted by Crippen LogP contribution is 2.25. The molecule has 3 rings (SSSR count). The summed E-state index contributed by atoms with van der Waals surface area (Å²) in [5.41, 5.74) is 3.45. The van der Waals surface area contributed by atoms with Crippen LogP contribution in [-0.4, -0.2) is 9.55 Å². The standard InChI is InChI=1S/C15H13BrN2S/c1-10(11-5-4-6-12(16)9-11)18-14-8-3-2-7-13(14)17-15(18)19/h2-10H,1H3,(H,17,19). The van der Waals surface area contributed by atoms with Gasteiger partial charge < -0.3 is 9.55 Å². The zero-order valence-corrected chi connectivity index (χ0v) is 12.8. The van der Waals surface area contributed by atoms with Gasteiger partial charge in [-0.2, -0.15) is 0 Å². The average Bonchev–Trinajstić information content (AvgIpc) is 2.74. The molecule has 19 heavy (non-hydrogen) atoms. The van der Waals surface area contributed by atoms with Crippen molar-refractivity contribution in [2.75, 3.05) is 0 Å². The summed E-state index contributed by atoms with van der Waals surface area (Å²) in [7, 11) is 0. The van der Waals surface area contributed by atoms with Crippen molar-refractivity contribution in [2.45, 2.75) is 13.0 Å². The van der Waals surface area contributed by atoms with Crippen LogP contribution in [0.5, 0.6) is 0 Å². The monoisotopic (exact) mass is 332 g/mol. The molecule has 1 atom stereocenters. The molecule has 1 aromatic heterocycles. The molecule has 1 unspecified atom stereocenters. The Balaban J connectivity index is 2.19. The number of halogens is 1. The van der Waals surface area contributed by atoms with Gasteiger partial charge in [0.2, 0.25) is 0 Å². The molecule has 0 spiro atoms. The number of imidazole rings is 1. The number of rotatable bonds is 2. The van der Waals surface area contributed by atoms with Crippen molar-refractivity contribution in [3.05, 3.63) is 63.3 Å². The van der Waals surface area contributed by atoms with E-state index >= 15 is 0 Å². The van der Waals surface area contributed by atoms with Crippen molar-refractivity contribution in [2.24, 2.45) is 0 Å². The van der Waals surface area contributed by atoms with E-state index in [1.165, 1.54) is 5.56 Å². The first-order valence-corrected chi connectivity index (χ1v) is 7.31. The SMILES string of the molecule is CC(c1cccc(Br)c1)n1c(=S)[nH]c2ccccc21. The smallest absolute Gasteiger partial charge is 0.178 e. The van der Waals surface area contributed by atoms with Gasteiger partial charge in [0.1, 0.15) is 0 Å². The van der Waals surface area contributed by atoms with Gasteiger partial charge in [-0.25, -0.2) is 0 Å². The van der Waals surface area contributed by atoms with E-state index in [9.17, 15) is 0 Å². The quantitative estimate of drug-likeness (QED) is 0.649. The number of benzene rings is 2. The molecule has 0 aliphatic carbocycles. The number of H-pyrrole nitrogens is 1. The molecular weight excluding hydrogens is 320 g/mol. The number of aromatic nitrogens is 2. The molecule has 2 aromatic carbocycles. The van der Waals surface area contributed by atoms with Crippen LogP contribution in [0.2, 0.25) is 0 Å². The summed E-state index contributed by atoms with van der Waals surface area (Å²) in [6.45, 7) is 2.16. The molecule has 0 amide bonds. The second-order valence-corrected chi connectivity index (χ2v) is 5.85. The lowest BCUT2D eigenvalue weighted by atomic mass is 10.1. The van der Waals surface area contributed by atoms with Crippen molar-refractivity contribution in [1.82, 2.24) is 9.55 Å². The number of fused-ring (bicyclic) bond motifs is 1. The molecule has 1 N–H and O–H groups in total. The van der Waals surface area contributed by atoms with Crippen molar-refractivity contribution in [3.63, 3.8) is 0 Å². The minimum absolute atomic E-state index is 0.196. The normalized spacial score (nSPS) is 12.7. The predicted octanol–water partition coefficient (Wildman–Crippen LogP) is 5.07. The molecular formula is C15H13BrN2S. The number of nitrogens with one attached hydrogen (secondary N) is 1. The maximum atomic E-state index is 5.46. The van der Waals surface area contributed by atoms with E-state index in [0.717, 1.165) is 20.3 Å². The van der Waals surface area contributed by atoms with Gasteiger partial charge in [0.25, 0.3) is 0 Å². The maximum absolute atomic E-state index is 5.46. The molecule has 0 fully saturated rings. The van der Waals surface area contributed by atoms with Crippen LogP contribution in [0.3, 0.4) is 0 Å². The highest BCUT2D eigenvalue weighted by atomic mass is 79.9. The van der Waals surface area contributed by atoms with Gasteiger partial charge in [-0.3, -0.25) is 0 Å². The Bertz CT molecular complexity index is 788. The number of hydrogen-bond acceptors (Lipinski definition) is 1. The van der Waals surface area contributed by atoms with E-state index < -0.39 is 0 Å². The maximum Gasteiger partial charge on any atom is 0.178 e. The molecule has 2 nitrogen and oxygen atoms in total. The highest BCUT2D eigenvalue weighted by molar-refractivity contribution is 9.10. The molecule has 0 radical (unpaired) electrons. The Morgan fingerprint density at radius 3 is 2.74 bits per heavy atom. The van der Waals surface area contributed by atoms with Crippen LogP contribution in [-0.2, 0) is 0 Å². The lowest BCUT2D eigenvalue weighted by Gasteiger charge is -2.15. The van der Waals surface area contributed by atoms with Gasteiger partial charge in [-0.15, -0.1) is 0 Å². The third-order valence-corrected chi connectivity index (χ3v) is 4.13. The fourth-order valence-corrected chi connectivity index (χ4v) is 3.16. The Morgan fingerprint density at radius 2 is 1.95 bits per heavy atom. The molecule has 3 aromatic rings. The lowest BCUT2D eigenvalue weighted by Crippen LogP contribution is -2.06. The number of nitrogens with zero attached hydrogens (tertiary/aromatic N) is 1. The van der Waals surface area contributed by atoms with Crippen molar-refractivity contribution in [3.8, 4) is 0 Å². The molecule has 4 heteroatoms. The molecule has 0 saturated carbocycles. The summed E-state index contributed by atoms with van der Waals surface area (Å²) < 4.78 is 4.00. The number of aromatic amines is 1. The van der Waals surface area contributed by atoms with Crippen LogP contribution in [0, 0.1) is 4.77 Å². The molecule has 0 saturated heterocycles. The Hall–Kier alpha value is -1.39. The molecule has 0 bridgehead atoms. The van der Waals surface area contributed by atoms with Gasteiger partial charge >= 0.3 is 0 Å². The van der Waals surface area contributed by atoms with Gasteiger partial charge in [-0.1, -0.05) is 40.2 Å². The largest absolute Gasteiger partial charge is 0.331 e. The van der Waals surface area contributed by atoms with E-state index in [1.807, 2.05) is 24.3 Å². The summed E-state index contributed by atoms with van der Waals surface area (Å²) >= 11 is 8.98. The summed E-state index contributed by atoms with van der Waals surface area (Å²) in [6, 6.07) is 16.7. The number of hydrogen-bond donors (Lipinski definition) is 1. The van der Waals surface area contributed by atoms with Crippen LogP contribution >= 0.6 is 28.1 Å². The first kappa shape index (κ1) is 12.6. The predicted molar refractivity (Wildman–Crippen MR) is 85.1 cm³/mol. The van der Waals surface area contributed by atoms with Gasteiger partial charge in [-0.05, 0) is 49.0 Å². The van der Waals surface area contributed by atoms with Crippen molar-refractivity contribution >= 4 is 39.2 Å². The number of para-hydroxylation sites is 2. The van der Waals surface area contributed by atoms with Crippen molar-refractivity contribution < 1.29 is 0 Å². The van der Waals surface area contributed by atoms with E-state index in [2.05, 4.69) is 56.7 Å². The Kier molecular flexibility index (Phi) is 3.29. The highest BCUT2D eigenvalue weighted by Gasteiger charge is 2.12. The van der Waals surface area contributed by atoms with Crippen LogP contribution in [0.4, 0.5) is 0 Å². The second-order valence-electron chi connectivity index (χ2n) is 4.55. The fourth-order valence-electron chi connectivity index (χ4n) is 2.37. The summed E-state index contributed by atoms with van der Waals surface area (Å²) in [5.74, 6) is 0. The second kappa shape index (κ2) is 4.94. The molecule has 96 valence electrons. The Morgan fingerprint density at radius 1 is 1.16 bits per heavy atom. The molecule has 1 heterocycles. The first-order valence-electron chi connectivity index (χ1n) is 6.11. The van der Waals surface area contributed by atoms with Gasteiger partial charge in [0.15, 0.2) is 4.77 Å². The summed E-state index contributed by atoms with van der Waals surface area (Å²) in [5, 5.41) is 0. The van der Waals surface area contributed by atoms with E-state index in [4.69, 9.17) is 12.2 Å². The van der Waals surface area contributed by atoms with E-state index in [1.54, 1.807) is 0 Å². The van der Waals surface area contributed by atoms with Crippen LogP contribution in [0.25, 0.3) is 11.0 Å². The van der Waals surface area contributed by atoms with Crippen LogP contribution in [0.15, 0.2) is 53.0 Å². The first-order chi connectivity index (χ1) is 9.16. The minimum atomic E-state index is 0.196. The topological polar surface area (TPSA) is 20.7 Å².